The first-order chi connectivity index (χ1) is 4.81. The van der Waals surface area contributed by atoms with E-state index in [9.17, 15) is 4.79 Å². The first-order valence-corrected chi connectivity index (χ1v) is 3.42. The molecule has 0 aliphatic rings. The number of carbonyl (C=O) groups is 1. The highest BCUT2D eigenvalue weighted by Crippen LogP contribution is 1.86. The van der Waals surface area contributed by atoms with E-state index in [0.717, 1.165) is 6.42 Å². The number of rotatable bonds is 4. The van der Waals surface area contributed by atoms with Gasteiger partial charge in [0.1, 0.15) is 0 Å². The van der Waals surface area contributed by atoms with Crippen molar-refractivity contribution < 1.29 is 14.1 Å². The van der Waals surface area contributed by atoms with Gasteiger partial charge in [0, 0.05) is 16.0 Å². The Labute approximate surface area is 62.6 Å². The van der Waals surface area contributed by atoms with Crippen LogP contribution < -0.4 is 5.32 Å². The average Bonchev–Trinajstić information content (AvgIpc) is 1.98. The second-order valence-corrected chi connectivity index (χ2v) is 1.98. The lowest BCUT2D eigenvalue weighted by atomic mass is 10.5. The van der Waals surface area contributed by atoms with Gasteiger partial charge in [0.05, 0.1) is 13.7 Å². The number of alkyl carbamates (subject to hydrolysis) is 1. The van der Waals surface area contributed by atoms with Crippen molar-refractivity contribution in [3.05, 3.63) is 0 Å². The Morgan fingerprint density at radius 3 is 2.90 bits per heavy atom. The number of amides is 1. The van der Waals surface area contributed by atoms with E-state index in [-0.39, 0.29) is 0 Å². The average molecular weight is 165 g/mol. The summed E-state index contributed by atoms with van der Waals surface area (Å²) in [5.41, 5.74) is 0. The lowest BCUT2D eigenvalue weighted by molar-refractivity contribution is 0.170. The van der Waals surface area contributed by atoms with E-state index < -0.39 is 6.09 Å². The molecule has 0 aromatic heterocycles. The zero-order valence-electron chi connectivity index (χ0n) is 5.92. The molecule has 1 amide bonds. The molecule has 0 fully saturated rings. The summed E-state index contributed by atoms with van der Waals surface area (Å²) < 4.78 is 9.02. The molecule has 1 atom stereocenters. The van der Waals surface area contributed by atoms with Crippen molar-refractivity contribution >= 4 is 15.6 Å². The molecule has 5 heteroatoms. The molecule has 0 saturated carbocycles. The molecule has 0 spiro atoms. The Morgan fingerprint density at radius 1 is 1.70 bits per heavy atom. The summed E-state index contributed by atoms with van der Waals surface area (Å²) in [5, 5.41) is 2.52. The lowest BCUT2D eigenvalue weighted by Gasteiger charge is -2.01. The summed E-state index contributed by atoms with van der Waals surface area (Å²) in [6, 6.07) is 0. The molecule has 0 aliphatic carbocycles. The number of hydrogen-bond acceptors (Lipinski definition) is 3. The summed E-state index contributed by atoms with van der Waals surface area (Å²) >= 11 is 0. The van der Waals surface area contributed by atoms with Crippen molar-refractivity contribution in [2.45, 2.75) is 6.42 Å². The zero-order valence-corrected chi connectivity index (χ0v) is 7.08. The Morgan fingerprint density at radius 2 is 2.40 bits per heavy atom. The summed E-state index contributed by atoms with van der Waals surface area (Å²) in [7, 11) is 3.48. The van der Waals surface area contributed by atoms with Gasteiger partial charge in [0.2, 0.25) is 0 Å². The number of ether oxygens (including phenoxy) is 1. The van der Waals surface area contributed by atoms with E-state index in [2.05, 4.69) is 24.0 Å². The molecule has 0 aliphatic heterocycles. The van der Waals surface area contributed by atoms with E-state index in [1.54, 1.807) is 0 Å². The van der Waals surface area contributed by atoms with Crippen LogP contribution in [0.5, 0.6) is 0 Å². The van der Waals surface area contributed by atoms with Crippen LogP contribution in [-0.2, 0) is 9.26 Å². The van der Waals surface area contributed by atoms with Gasteiger partial charge in [-0.3, -0.25) is 0 Å². The SMILES string of the molecule is COC(=O)NCCCOP. The minimum atomic E-state index is -0.399. The summed E-state index contributed by atoms with van der Waals surface area (Å²) in [6.07, 6.45) is 0.391. The number of carbonyl (C=O) groups excluding carboxylic acids is 1. The van der Waals surface area contributed by atoms with Gasteiger partial charge in [-0.15, -0.1) is 0 Å². The maximum atomic E-state index is 10.4. The molecular formula is C5H12NO3P. The van der Waals surface area contributed by atoms with E-state index in [1.165, 1.54) is 7.11 Å². The minimum absolute atomic E-state index is 0.399. The fraction of sp³-hybridized carbons (Fsp3) is 0.800. The first kappa shape index (κ1) is 9.66. The van der Waals surface area contributed by atoms with Crippen LogP contribution in [0.3, 0.4) is 0 Å². The van der Waals surface area contributed by atoms with Crippen molar-refractivity contribution in [1.29, 1.82) is 0 Å². The molecule has 1 N–H and O–H groups in total. The normalized spacial score (nSPS) is 9.00. The third kappa shape index (κ3) is 5.79. The van der Waals surface area contributed by atoms with E-state index in [4.69, 9.17) is 0 Å². The third-order valence-corrected chi connectivity index (χ3v) is 1.13. The van der Waals surface area contributed by atoms with Crippen molar-refractivity contribution in [3.63, 3.8) is 0 Å². The van der Waals surface area contributed by atoms with Crippen LogP contribution in [-0.4, -0.2) is 26.4 Å². The fourth-order valence-corrected chi connectivity index (χ4v) is 0.585. The van der Waals surface area contributed by atoms with Crippen LogP contribution in [0.2, 0.25) is 0 Å². The highest BCUT2D eigenvalue weighted by molar-refractivity contribution is 7.09. The predicted octanol–water partition coefficient (Wildman–Crippen LogP) is 0.539. The summed E-state index contributed by atoms with van der Waals surface area (Å²) in [6.45, 7) is 1.20. The Hall–Kier alpha value is -0.340. The van der Waals surface area contributed by atoms with Crippen molar-refractivity contribution in [2.75, 3.05) is 20.3 Å². The zero-order chi connectivity index (χ0) is 7.82. The van der Waals surface area contributed by atoms with Crippen LogP contribution in [0.1, 0.15) is 6.42 Å². The largest absolute Gasteiger partial charge is 0.453 e. The van der Waals surface area contributed by atoms with Crippen LogP contribution in [0.15, 0.2) is 0 Å². The summed E-state index contributed by atoms with van der Waals surface area (Å²) in [5.74, 6) is 0. The maximum absolute atomic E-state index is 10.4. The first-order valence-electron chi connectivity index (χ1n) is 2.94. The van der Waals surface area contributed by atoms with Crippen LogP contribution in [0.25, 0.3) is 0 Å². The lowest BCUT2D eigenvalue weighted by Crippen LogP contribution is -2.24. The standard InChI is InChI=1S/C5H12NO3P/c1-8-5(7)6-3-2-4-9-10/h2-4,10H2,1H3,(H,6,7). The van der Waals surface area contributed by atoms with Crippen LogP contribution in [0, 0.1) is 0 Å². The molecule has 10 heavy (non-hydrogen) atoms. The predicted molar refractivity (Wildman–Crippen MR) is 40.7 cm³/mol. The van der Waals surface area contributed by atoms with Crippen LogP contribution in [0.4, 0.5) is 4.79 Å². The topological polar surface area (TPSA) is 47.6 Å². The highest BCUT2D eigenvalue weighted by Gasteiger charge is 1.94. The Balaban J connectivity index is 2.96. The fourth-order valence-electron chi connectivity index (χ4n) is 0.418. The van der Waals surface area contributed by atoms with Gasteiger partial charge in [-0.1, -0.05) is 0 Å². The van der Waals surface area contributed by atoms with Gasteiger partial charge in [0.15, 0.2) is 0 Å². The Bertz CT molecular complexity index is 98.9. The highest BCUT2D eigenvalue weighted by atomic mass is 31.0. The smallest absolute Gasteiger partial charge is 0.406 e. The van der Waals surface area contributed by atoms with Gasteiger partial charge in [0.25, 0.3) is 0 Å². The minimum Gasteiger partial charge on any atom is -0.453 e. The van der Waals surface area contributed by atoms with Gasteiger partial charge in [-0.2, -0.15) is 0 Å². The molecular weight excluding hydrogens is 153 g/mol. The molecule has 0 saturated heterocycles. The van der Waals surface area contributed by atoms with Gasteiger partial charge < -0.3 is 14.6 Å². The number of nitrogens with one attached hydrogen (secondary N) is 1. The number of methoxy groups -OCH3 is 1. The molecule has 0 rings (SSSR count). The second-order valence-electron chi connectivity index (χ2n) is 1.64. The second kappa shape index (κ2) is 6.78. The quantitative estimate of drug-likeness (QED) is 0.488. The van der Waals surface area contributed by atoms with E-state index >= 15 is 0 Å². The molecule has 0 radical (unpaired) electrons. The van der Waals surface area contributed by atoms with Gasteiger partial charge >= 0.3 is 6.09 Å². The molecule has 0 aromatic carbocycles. The molecule has 0 heterocycles. The molecule has 60 valence electrons. The third-order valence-electron chi connectivity index (χ3n) is 0.894. The molecule has 0 bridgehead atoms. The number of hydrogen-bond donors (Lipinski definition) is 1. The molecule has 1 unspecified atom stereocenters. The molecule has 4 nitrogen and oxygen atoms in total. The monoisotopic (exact) mass is 165 g/mol. The van der Waals surface area contributed by atoms with E-state index in [0.29, 0.717) is 13.2 Å². The van der Waals surface area contributed by atoms with Crippen molar-refractivity contribution in [1.82, 2.24) is 5.32 Å². The maximum Gasteiger partial charge on any atom is 0.406 e. The molecule has 0 aromatic rings. The van der Waals surface area contributed by atoms with E-state index in [1.807, 2.05) is 0 Å². The van der Waals surface area contributed by atoms with Crippen molar-refractivity contribution in [2.24, 2.45) is 0 Å². The van der Waals surface area contributed by atoms with Gasteiger partial charge in [-0.05, 0) is 6.42 Å². The van der Waals surface area contributed by atoms with Crippen LogP contribution >= 0.6 is 9.47 Å². The summed E-state index contributed by atoms with van der Waals surface area (Å²) in [4.78, 5) is 10.4. The van der Waals surface area contributed by atoms with Crippen molar-refractivity contribution in [3.8, 4) is 0 Å². The Kier molecular flexibility index (Phi) is 6.55. The van der Waals surface area contributed by atoms with Gasteiger partial charge in [-0.25, -0.2) is 4.79 Å².